The molecule has 1 aromatic carbocycles. The Morgan fingerprint density at radius 2 is 1.50 bits per heavy atom. The van der Waals surface area contributed by atoms with Gasteiger partial charge in [-0.3, -0.25) is 0 Å². The Bertz CT molecular complexity index is 402. The first-order valence-corrected chi connectivity index (χ1v) is 5.92. The summed E-state index contributed by atoms with van der Waals surface area (Å²) in [5.74, 6) is -1.22. The van der Waals surface area contributed by atoms with E-state index in [2.05, 4.69) is 0 Å². The molecule has 2 nitrogen and oxygen atoms in total. The normalized spacial score (nSPS) is 11.4. The fourth-order valence-electron chi connectivity index (χ4n) is 0.777. The Hall–Kier alpha value is 0.430. The summed E-state index contributed by atoms with van der Waals surface area (Å²) < 4.78 is 2.54. The Labute approximate surface area is 121 Å². The zero-order chi connectivity index (χ0) is 12.5. The molecule has 16 heavy (non-hydrogen) atoms. The third-order valence-electron chi connectivity index (χ3n) is 1.39. The van der Waals surface area contributed by atoms with Crippen LogP contribution in [0.25, 0.3) is 0 Å². The van der Waals surface area contributed by atoms with Gasteiger partial charge in [-0.05, 0) is 12.1 Å². The molecule has 0 atom stereocenters. The largest absolute Gasteiger partial charge is 0.420 e. The van der Waals surface area contributed by atoms with Gasteiger partial charge in [-0.15, -0.1) is 0 Å². The van der Waals surface area contributed by atoms with Gasteiger partial charge in [-0.25, -0.2) is 4.79 Å². The summed E-state index contributed by atoms with van der Waals surface area (Å²) in [4.78, 5) is 11.3. The third kappa shape index (κ3) is 3.73. The van der Waals surface area contributed by atoms with Gasteiger partial charge in [0.1, 0.15) is 0 Å². The van der Waals surface area contributed by atoms with Crippen molar-refractivity contribution in [3.05, 3.63) is 27.2 Å². The smallest absolute Gasteiger partial charge is 0.364 e. The Morgan fingerprint density at radius 3 is 1.88 bits per heavy atom. The molecule has 0 N–H and O–H groups in total. The zero-order valence-electron chi connectivity index (χ0n) is 7.24. The molecule has 0 heterocycles. The van der Waals surface area contributed by atoms with Gasteiger partial charge in [-0.1, -0.05) is 69.6 Å². The van der Waals surface area contributed by atoms with Crippen molar-refractivity contribution in [3.63, 3.8) is 0 Å². The first-order chi connectivity index (χ1) is 7.21. The van der Waals surface area contributed by atoms with E-state index in [1.54, 1.807) is 0 Å². The molecule has 0 bridgehead atoms. The lowest BCUT2D eigenvalue weighted by molar-refractivity contribution is -0.133. The number of hydrogen-bond acceptors (Lipinski definition) is 2. The van der Waals surface area contributed by atoms with Crippen LogP contribution in [0.3, 0.4) is 0 Å². The standard InChI is InChI=1S/C8H2Cl6O2/c9-3-1-4(10)6(5(11)2-3)16-7(15)8(12,13)14/h1-2H. The van der Waals surface area contributed by atoms with Crippen LogP contribution in [0.2, 0.25) is 15.1 Å². The molecule has 1 rings (SSSR count). The first-order valence-electron chi connectivity index (χ1n) is 3.65. The van der Waals surface area contributed by atoms with Crippen molar-refractivity contribution in [2.45, 2.75) is 3.79 Å². The highest BCUT2D eigenvalue weighted by atomic mass is 35.6. The van der Waals surface area contributed by atoms with Gasteiger partial charge in [0.15, 0.2) is 5.75 Å². The molecule has 0 amide bonds. The monoisotopic (exact) mass is 340 g/mol. The lowest BCUT2D eigenvalue weighted by Crippen LogP contribution is -2.25. The van der Waals surface area contributed by atoms with Crippen molar-refractivity contribution in [1.29, 1.82) is 0 Å². The van der Waals surface area contributed by atoms with Crippen molar-refractivity contribution in [2.24, 2.45) is 0 Å². The topological polar surface area (TPSA) is 26.3 Å². The predicted octanol–water partition coefficient (Wildman–Crippen LogP) is 4.92. The summed E-state index contributed by atoms with van der Waals surface area (Å²) >= 11 is 33.1. The molecule has 1 aromatic rings. The molecule has 0 fully saturated rings. The fraction of sp³-hybridized carbons (Fsp3) is 0.125. The summed E-state index contributed by atoms with van der Waals surface area (Å²) in [5, 5.41) is 0.379. The number of esters is 1. The second-order valence-corrected chi connectivity index (χ2v) is 6.12. The maximum absolute atomic E-state index is 11.3. The van der Waals surface area contributed by atoms with Gasteiger partial charge in [-0.2, -0.15) is 0 Å². The predicted molar refractivity (Wildman–Crippen MR) is 67.4 cm³/mol. The average Bonchev–Trinajstić information content (AvgIpc) is 2.08. The van der Waals surface area contributed by atoms with E-state index >= 15 is 0 Å². The Balaban J connectivity index is 3.03. The van der Waals surface area contributed by atoms with Crippen LogP contribution in [0, 0.1) is 0 Å². The first kappa shape index (κ1) is 14.5. The number of benzene rings is 1. The van der Waals surface area contributed by atoms with Crippen molar-refractivity contribution >= 4 is 75.6 Å². The highest BCUT2D eigenvalue weighted by molar-refractivity contribution is 6.75. The Morgan fingerprint density at radius 1 is 1.06 bits per heavy atom. The van der Waals surface area contributed by atoms with Crippen molar-refractivity contribution in [1.82, 2.24) is 0 Å². The van der Waals surface area contributed by atoms with E-state index in [1.165, 1.54) is 12.1 Å². The van der Waals surface area contributed by atoms with Crippen LogP contribution in [0.1, 0.15) is 0 Å². The molecule has 0 saturated carbocycles. The lowest BCUT2D eigenvalue weighted by Gasteiger charge is -2.12. The molecular formula is C8H2Cl6O2. The van der Waals surface area contributed by atoms with Crippen molar-refractivity contribution < 1.29 is 9.53 Å². The molecule has 0 spiro atoms. The molecule has 8 heteroatoms. The van der Waals surface area contributed by atoms with Crippen LogP contribution in [0.15, 0.2) is 12.1 Å². The van der Waals surface area contributed by atoms with Gasteiger partial charge < -0.3 is 4.74 Å². The summed E-state index contributed by atoms with van der Waals surface area (Å²) in [6, 6.07) is 2.69. The minimum Gasteiger partial charge on any atom is -0.420 e. The zero-order valence-corrected chi connectivity index (χ0v) is 11.8. The van der Waals surface area contributed by atoms with Gasteiger partial charge >= 0.3 is 5.97 Å². The Kier molecular flexibility index (Phi) is 4.88. The summed E-state index contributed by atoms with van der Waals surface area (Å²) in [6.45, 7) is 0. The molecular weight excluding hydrogens is 341 g/mol. The molecule has 0 aliphatic carbocycles. The van der Waals surface area contributed by atoms with Crippen LogP contribution >= 0.6 is 69.6 Å². The van der Waals surface area contributed by atoms with E-state index in [4.69, 9.17) is 74.3 Å². The summed E-state index contributed by atoms with van der Waals surface area (Å²) in [7, 11) is 0. The van der Waals surface area contributed by atoms with E-state index in [1.807, 2.05) is 0 Å². The number of carbonyl (C=O) groups is 1. The van der Waals surface area contributed by atoms with Gasteiger partial charge in [0, 0.05) is 5.02 Å². The van der Waals surface area contributed by atoms with E-state index in [-0.39, 0.29) is 15.8 Å². The number of ether oxygens (including phenoxy) is 1. The van der Waals surface area contributed by atoms with Crippen LogP contribution in [0.4, 0.5) is 0 Å². The number of carbonyl (C=O) groups excluding carboxylic acids is 1. The quantitative estimate of drug-likeness (QED) is 0.411. The van der Waals surface area contributed by atoms with Gasteiger partial charge in [0.05, 0.1) is 10.0 Å². The minimum atomic E-state index is -2.20. The fourth-order valence-corrected chi connectivity index (χ4v) is 1.79. The molecule has 0 aliphatic heterocycles. The second-order valence-electron chi connectivity index (χ2n) is 2.59. The summed E-state index contributed by atoms with van der Waals surface area (Å²) in [6.07, 6.45) is 0. The van der Waals surface area contributed by atoms with Crippen LogP contribution < -0.4 is 4.74 Å². The van der Waals surface area contributed by atoms with E-state index in [0.29, 0.717) is 5.02 Å². The number of alkyl halides is 3. The molecule has 0 saturated heterocycles. The van der Waals surface area contributed by atoms with Crippen LogP contribution in [-0.4, -0.2) is 9.76 Å². The molecule has 0 aliphatic rings. The van der Waals surface area contributed by atoms with Crippen LogP contribution in [-0.2, 0) is 4.79 Å². The number of rotatable bonds is 1. The maximum atomic E-state index is 11.3. The van der Waals surface area contributed by atoms with E-state index in [0.717, 1.165) is 0 Å². The van der Waals surface area contributed by atoms with Crippen molar-refractivity contribution in [2.75, 3.05) is 0 Å². The van der Waals surface area contributed by atoms with Gasteiger partial charge in [0.25, 0.3) is 3.79 Å². The highest BCUT2D eigenvalue weighted by Gasteiger charge is 2.34. The molecule has 0 unspecified atom stereocenters. The van der Waals surface area contributed by atoms with Crippen LogP contribution in [0.5, 0.6) is 5.75 Å². The maximum Gasteiger partial charge on any atom is 0.364 e. The number of hydrogen-bond donors (Lipinski definition) is 0. The minimum absolute atomic E-state index is 0.0418. The average molecular weight is 343 g/mol. The summed E-state index contributed by atoms with van der Waals surface area (Å²) in [5.41, 5.74) is 0. The highest BCUT2D eigenvalue weighted by Crippen LogP contribution is 2.38. The second kappa shape index (κ2) is 5.38. The van der Waals surface area contributed by atoms with Gasteiger partial charge in [0.2, 0.25) is 0 Å². The van der Waals surface area contributed by atoms with E-state index in [9.17, 15) is 4.79 Å². The molecule has 0 radical (unpaired) electrons. The van der Waals surface area contributed by atoms with E-state index < -0.39 is 9.76 Å². The SMILES string of the molecule is O=C(Oc1c(Cl)cc(Cl)cc1Cl)C(Cl)(Cl)Cl. The molecule has 88 valence electrons. The van der Waals surface area contributed by atoms with Crippen molar-refractivity contribution in [3.8, 4) is 5.75 Å². The third-order valence-corrected chi connectivity index (χ3v) is 2.63. The lowest BCUT2D eigenvalue weighted by atomic mass is 10.3. The molecule has 0 aromatic heterocycles. The number of halogens is 6.